The van der Waals surface area contributed by atoms with Gasteiger partial charge in [0.05, 0.1) is 11.8 Å². The summed E-state index contributed by atoms with van der Waals surface area (Å²) in [4.78, 5) is 15.8. The van der Waals surface area contributed by atoms with Crippen LogP contribution < -0.4 is 0 Å². The largest absolute Gasteiger partial charge is 0.452 e. The minimum absolute atomic E-state index is 0.0120. The van der Waals surface area contributed by atoms with Gasteiger partial charge in [-0.3, -0.25) is 0 Å². The molecule has 0 unspecified atom stereocenters. The maximum absolute atomic E-state index is 13.7. The van der Waals surface area contributed by atoms with E-state index in [9.17, 15) is 13.6 Å². The van der Waals surface area contributed by atoms with Crippen LogP contribution in [0.25, 0.3) is 5.69 Å². The summed E-state index contributed by atoms with van der Waals surface area (Å²) in [5.74, 6) is -1.60. The van der Waals surface area contributed by atoms with E-state index in [4.69, 9.17) is 9.26 Å². The number of esters is 1. The van der Waals surface area contributed by atoms with E-state index in [1.165, 1.54) is 18.5 Å². The Kier molecular flexibility index (Phi) is 3.83. The van der Waals surface area contributed by atoms with Crippen LogP contribution in [0.3, 0.4) is 0 Å². The van der Waals surface area contributed by atoms with E-state index in [1.807, 2.05) is 0 Å². The Morgan fingerprint density at radius 2 is 2.22 bits per heavy atom. The highest BCUT2D eigenvalue weighted by Crippen LogP contribution is 2.15. The minimum atomic E-state index is -0.797. The number of benzene rings is 1. The first-order valence-electron chi connectivity index (χ1n) is 6.49. The van der Waals surface area contributed by atoms with Gasteiger partial charge in [0.2, 0.25) is 0 Å². The molecule has 0 amide bonds. The van der Waals surface area contributed by atoms with Crippen molar-refractivity contribution >= 4 is 5.97 Å². The Morgan fingerprint density at radius 3 is 2.91 bits per heavy atom. The highest BCUT2D eigenvalue weighted by Gasteiger charge is 2.14. The smallest absolute Gasteiger partial charge is 0.341 e. The first-order valence-corrected chi connectivity index (χ1v) is 6.49. The van der Waals surface area contributed by atoms with Crippen LogP contribution >= 0.6 is 0 Å². The summed E-state index contributed by atoms with van der Waals surface area (Å²) >= 11 is 0. The average Bonchev–Trinajstić information content (AvgIpc) is 3.14. The van der Waals surface area contributed by atoms with Gasteiger partial charge in [-0.25, -0.2) is 18.3 Å². The molecule has 23 heavy (non-hydrogen) atoms. The van der Waals surface area contributed by atoms with Gasteiger partial charge in [-0.1, -0.05) is 5.16 Å². The van der Waals surface area contributed by atoms with Gasteiger partial charge in [0.1, 0.15) is 11.5 Å². The SMILES string of the molecule is Cc1noc(COC(=O)c2cnn(-c3ccc(F)cc3F)c2)n1. The number of aromatic nitrogens is 4. The van der Waals surface area contributed by atoms with Crippen molar-refractivity contribution in [2.75, 3.05) is 0 Å². The summed E-state index contributed by atoms with van der Waals surface area (Å²) in [7, 11) is 0. The standard InChI is InChI=1S/C14H10F2N4O3/c1-8-18-13(23-19-8)7-22-14(21)9-5-17-20(6-9)12-3-2-10(15)4-11(12)16/h2-6H,7H2,1H3. The maximum atomic E-state index is 13.7. The Morgan fingerprint density at radius 1 is 1.39 bits per heavy atom. The zero-order valence-corrected chi connectivity index (χ0v) is 11.9. The normalized spacial score (nSPS) is 10.7. The molecule has 3 aromatic rings. The number of nitrogens with zero attached hydrogens (tertiary/aromatic N) is 4. The molecule has 0 N–H and O–H groups in total. The molecule has 0 aliphatic heterocycles. The lowest BCUT2D eigenvalue weighted by Gasteiger charge is -2.02. The molecule has 2 heterocycles. The van der Waals surface area contributed by atoms with Crippen LogP contribution in [0.4, 0.5) is 8.78 Å². The Hall–Kier alpha value is -3.10. The lowest BCUT2D eigenvalue weighted by Crippen LogP contribution is -2.05. The van der Waals surface area contributed by atoms with Gasteiger partial charge in [-0.2, -0.15) is 10.1 Å². The average molecular weight is 320 g/mol. The third-order valence-electron chi connectivity index (χ3n) is 2.87. The molecule has 118 valence electrons. The lowest BCUT2D eigenvalue weighted by molar-refractivity contribution is 0.0430. The van der Waals surface area contributed by atoms with Crippen LogP contribution in [-0.2, 0) is 11.3 Å². The van der Waals surface area contributed by atoms with Crippen molar-refractivity contribution in [3.63, 3.8) is 0 Å². The second-order valence-corrected chi connectivity index (χ2v) is 4.58. The molecule has 0 spiro atoms. The molecular formula is C14H10F2N4O3. The fourth-order valence-corrected chi connectivity index (χ4v) is 1.84. The summed E-state index contributed by atoms with van der Waals surface area (Å²) < 4.78 is 37.5. The summed E-state index contributed by atoms with van der Waals surface area (Å²) in [6, 6.07) is 3.04. The number of ether oxygens (including phenoxy) is 1. The Bertz CT molecular complexity index is 859. The molecule has 0 atom stereocenters. The number of carbonyl (C=O) groups is 1. The van der Waals surface area contributed by atoms with Crippen molar-refractivity contribution in [1.82, 2.24) is 19.9 Å². The van der Waals surface area contributed by atoms with Gasteiger partial charge in [-0.05, 0) is 19.1 Å². The van der Waals surface area contributed by atoms with Crippen molar-refractivity contribution in [2.45, 2.75) is 13.5 Å². The molecule has 7 nitrogen and oxygen atoms in total. The highest BCUT2D eigenvalue weighted by atomic mass is 19.1. The molecule has 3 rings (SSSR count). The predicted molar refractivity (Wildman–Crippen MR) is 71.6 cm³/mol. The quantitative estimate of drug-likeness (QED) is 0.685. The molecule has 0 saturated heterocycles. The molecule has 0 aliphatic rings. The fraction of sp³-hybridized carbons (Fsp3) is 0.143. The number of aryl methyl sites for hydroxylation is 1. The van der Waals surface area contributed by atoms with Crippen molar-refractivity contribution in [3.8, 4) is 5.69 Å². The van der Waals surface area contributed by atoms with Crippen molar-refractivity contribution < 1.29 is 22.8 Å². The monoisotopic (exact) mass is 320 g/mol. The van der Waals surface area contributed by atoms with E-state index in [2.05, 4.69) is 15.2 Å². The first-order chi connectivity index (χ1) is 11.0. The number of halogens is 2. The molecule has 0 radical (unpaired) electrons. The molecule has 2 aromatic heterocycles. The molecule has 0 aliphatic carbocycles. The zero-order chi connectivity index (χ0) is 16.4. The number of hydrogen-bond acceptors (Lipinski definition) is 6. The summed E-state index contributed by atoms with van der Waals surface area (Å²) in [5.41, 5.74) is 0.114. The Labute approximate surface area is 128 Å². The van der Waals surface area contributed by atoms with Gasteiger partial charge >= 0.3 is 5.97 Å². The molecule has 9 heteroatoms. The van der Waals surface area contributed by atoms with E-state index in [1.54, 1.807) is 6.92 Å². The van der Waals surface area contributed by atoms with Crippen LogP contribution in [-0.4, -0.2) is 25.9 Å². The molecule has 0 saturated carbocycles. The van der Waals surface area contributed by atoms with Crippen LogP contribution in [0, 0.1) is 18.6 Å². The molecule has 1 aromatic carbocycles. The van der Waals surface area contributed by atoms with E-state index >= 15 is 0 Å². The topological polar surface area (TPSA) is 83.0 Å². The summed E-state index contributed by atoms with van der Waals surface area (Å²) in [5, 5.41) is 7.42. The third-order valence-corrected chi connectivity index (χ3v) is 2.87. The van der Waals surface area contributed by atoms with Crippen molar-refractivity contribution in [3.05, 3.63) is 59.5 Å². The summed E-state index contributed by atoms with van der Waals surface area (Å²) in [6.45, 7) is 1.45. The number of carbonyl (C=O) groups excluding carboxylic acids is 1. The number of rotatable bonds is 4. The van der Waals surface area contributed by atoms with Crippen molar-refractivity contribution in [1.29, 1.82) is 0 Å². The van der Waals surface area contributed by atoms with Crippen LogP contribution in [0.1, 0.15) is 22.1 Å². The van der Waals surface area contributed by atoms with Gasteiger partial charge in [0, 0.05) is 12.3 Å². The van der Waals surface area contributed by atoms with E-state index < -0.39 is 17.6 Å². The van der Waals surface area contributed by atoms with E-state index in [0.29, 0.717) is 5.82 Å². The summed E-state index contributed by atoms with van der Waals surface area (Å²) in [6.07, 6.45) is 2.49. The zero-order valence-electron chi connectivity index (χ0n) is 11.9. The lowest BCUT2D eigenvalue weighted by atomic mass is 10.3. The van der Waals surface area contributed by atoms with E-state index in [-0.39, 0.29) is 23.7 Å². The number of hydrogen-bond donors (Lipinski definition) is 0. The maximum Gasteiger partial charge on any atom is 0.341 e. The fourth-order valence-electron chi connectivity index (χ4n) is 1.84. The highest BCUT2D eigenvalue weighted by molar-refractivity contribution is 5.88. The van der Waals surface area contributed by atoms with Gasteiger partial charge in [0.25, 0.3) is 5.89 Å². The van der Waals surface area contributed by atoms with Crippen LogP contribution in [0.2, 0.25) is 0 Å². The van der Waals surface area contributed by atoms with E-state index in [0.717, 1.165) is 16.8 Å². The van der Waals surface area contributed by atoms with Crippen LogP contribution in [0.15, 0.2) is 35.1 Å². The molecular weight excluding hydrogens is 310 g/mol. The molecule has 0 fully saturated rings. The van der Waals surface area contributed by atoms with Gasteiger partial charge < -0.3 is 9.26 Å². The first kappa shape index (κ1) is 14.8. The second kappa shape index (κ2) is 5.95. The second-order valence-electron chi connectivity index (χ2n) is 4.58. The molecule has 0 bridgehead atoms. The van der Waals surface area contributed by atoms with Crippen molar-refractivity contribution in [2.24, 2.45) is 0 Å². The minimum Gasteiger partial charge on any atom is -0.452 e. The van der Waals surface area contributed by atoms with Crippen LogP contribution in [0.5, 0.6) is 0 Å². The predicted octanol–water partition coefficient (Wildman–Crippen LogP) is 2.20. The third kappa shape index (κ3) is 3.23. The Balaban J connectivity index is 1.72. The van der Waals surface area contributed by atoms with Gasteiger partial charge in [0.15, 0.2) is 18.2 Å². The van der Waals surface area contributed by atoms with Gasteiger partial charge in [-0.15, -0.1) is 0 Å².